The fourth-order valence-corrected chi connectivity index (χ4v) is 3.37. The van der Waals surface area contributed by atoms with E-state index in [1.54, 1.807) is 36.1 Å². The zero-order chi connectivity index (χ0) is 20.1. The van der Waals surface area contributed by atoms with E-state index in [-0.39, 0.29) is 35.8 Å². The van der Waals surface area contributed by atoms with Crippen molar-refractivity contribution in [2.45, 2.75) is 32.2 Å². The van der Waals surface area contributed by atoms with E-state index >= 15 is 0 Å². The molecule has 8 nitrogen and oxygen atoms in total. The Morgan fingerprint density at radius 2 is 1.79 bits per heavy atom. The van der Waals surface area contributed by atoms with E-state index in [4.69, 9.17) is 10.00 Å². The summed E-state index contributed by atoms with van der Waals surface area (Å²) in [6, 6.07) is 8.65. The number of likely N-dealkylation sites (tertiary alicyclic amines) is 1. The number of amides is 3. The number of carbonyl (C=O) groups excluding carboxylic acids is 3. The molecule has 2 atom stereocenters. The van der Waals surface area contributed by atoms with Crippen LogP contribution in [0, 0.1) is 23.2 Å². The molecule has 1 aromatic carbocycles. The van der Waals surface area contributed by atoms with Crippen molar-refractivity contribution in [2.75, 3.05) is 25.0 Å². The molecule has 0 radical (unpaired) electrons. The predicted octanol–water partition coefficient (Wildman–Crippen LogP) is 1.87. The van der Waals surface area contributed by atoms with Crippen LogP contribution in [0.15, 0.2) is 24.3 Å². The molecule has 1 aliphatic carbocycles. The third-order valence-corrected chi connectivity index (χ3v) is 5.11. The van der Waals surface area contributed by atoms with Crippen LogP contribution in [0.25, 0.3) is 0 Å². The van der Waals surface area contributed by atoms with Crippen LogP contribution in [-0.2, 0) is 14.3 Å². The zero-order valence-corrected chi connectivity index (χ0v) is 15.8. The Bertz CT molecular complexity index is 778. The quantitative estimate of drug-likeness (QED) is 0.805. The van der Waals surface area contributed by atoms with E-state index in [0.29, 0.717) is 50.2 Å². The van der Waals surface area contributed by atoms with Crippen LogP contribution in [0.3, 0.4) is 0 Å². The number of piperidine rings is 1. The maximum Gasteiger partial charge on any atom is 0.409 e. The van der Waals surface area contributed by atoms with Crippen molar-refractivity contribution in [2.24, 2.45) is 11.8 Å². The molecule has 1 aromatic rings. The Kier molecular flexibility index (Phi) is 6.14. The fourth-order valence-electron chi connectivity index (χ4n) is 3.37. The van der Waals surface area contributed by atoms with Gasteiger partial charge in [0.05, 0.1) is 30.1 Å². The van der Waals surface area contributed by atoms with Crippen LogP contribution >= 0.6 is 0 Å². The van der Waals surface area contributed by atoms with Crippen LogP contribution in [0.2, 0.25) is 0 Å². The number of carbonyl (C=O) groups is 3. The lowest BCUT2D eigenvalue weighted by atomic mass is 10.1. The van der Waals surface area contributed by atoms with Gasteiger partial charge >= 0.3 is 6.09 Å². The second kappa shape index (κ2) is 8.74. The number of benzene rings is 1. The predicted molar refractivity (Wildman–Crippen MR) is 101 cm³/mol. The minimum Gasteiger partial charge on any atom is -0.450 e. The van der Waals surface area contributed by atoms with Crippen molar-refractivity contribution in [1.82, 2.24) is 10.2 Å². The third-order valence-electron chi connectivity index (χ3n) is 5.11. The summed E-state index contributed by atoms with van der Waals surface area (Å²) in [7, 11) is 0. The van der Waals surface area contributed by atoms with Gasteiger partial charge in [0.2, 0.25) is 11.8 Å². The van der Waals surface area contributed by atoms with Crippen LogP contribution in [-0.4, -0.2) is 48.5 Å². The highest BCUT2D eigenvalue weighted by Crippen LogP contribution is 2.39. The van der Waals surface area contributed by atoms with Crippen LogP contribution < -0.4 is 10.6 Å². The van der Waals surface area contributed by atoms with Gasteiger partial charge in [0.1, 0.15) is 0 Å². The Hall–Kier alpha value is -3.08. The molecule has 0 bridgehead atoms. The molecular formula is C20H24N4O4. The van der Waals surface area contributed by atoms with Crippen LogP contribution in [0.5, 0.6) is 0 Å². The third kappa shape index (κ3) is 4.80. The Labute approximate surface area is 163 Å². The van der Waals surface area contributed by atoms with Crippen LogP contribution in [0.1, 0.15) is 31.7 Å². The lowest BCUT2D eigenvalue weighted by Crippen LogP contribution is -2.47. The molecule has 2 aliphatic rings. The van der Waals surface area contributed by atoms with Gasteiger partial charge in [-0.15, -0.1) is 0 Å². The summed E-state index contributed by atoms with van der Waals surface area (Å²) < 4.78 is 4.99. The van der Waals surface area contributed by atoms with Gasteiger partial charge in [0.15, 0.2) is 0 Å². The molecule has 3 rings (SSSR count). The lowest BCUT2D eigenvalue weighted by Gasteiger charge is -2.31. The first-order chi connectivity index (χ1) is 13.5. The summed E-state index contributed by atoms with van der Waals surface area (Å²) in [6.07, 6.45) is 1.59. The molecule has 2 N–H and O–H groups in total. The molecule has 8 heteroatoms. The van der Waals surface area contributed by atoms with Gasteiger partial charge in [0.25, 0.3) is 0 Å². The molecular weight excluding hydrogens is 360 g/mol. The lowest BCUT2D eigenvalue weighted by molar-refractivity contribution is -0.126. The first-order valence-electron chi connectivity index (χ1n) is 9.55. The molecule has 3 amide bonds. The molecule has 1 heterocycles. The second-order valence-electron chi connectivity index (χ2n) is 7.10. The molecule has 2 unspecified atom stereocenters. The summed E-state index contributed by atoms with van der Waals surface area (Å²) in [6.45, 7) is 3.23. The second-order valence-corrected chi connectivity index (χ2v) is 7.10. The molecule has 1 saturated carbocycles. The van der Waals surface area contributed by atoms with Gasteiger partial charge in [-0.2, -0.15) is 5.26 Å². The molecule has 0 spiro atoms. The van der Waals surface area contributed by atoms with E-state index in [1.165, 1.54) is 0 Å². The van der Waals surface area contributed by atoms with Crippen molar-refractivity contribution in [3.8, 4) is 6.07 Å². The van der Waals surface area contributed by atoms with E-state index in [0.717, 1.165) is 0 Å². The highest BCUT2D eigenvalue weighted by atomic mass is 16.6. The largest absolute Gasteiger partial charge is 0.450 e. The molecule has 1 saturated heterocycles. The first kappa shape index (κ1) is 19.7. The minimum atomic E-state index is -0.324. The van der Waals surface area contributed by atoms with Gasteiger partial charge < -0.3 is 20.3 Å². The Morgan fingerprint density at radius 3 is 2.39 bits per heavy atom. The van der Waals surface area contributed by atoms with Gasteiger partial charge in [-0.1, -0.05) is 0 Å². The highest BCUT2D eigenvalue weighted by molar-refractivity contribution is 5.99. The van der Waals surface area contributed by atoms with E-state index < -0.39 is 0 Å². The van der Waals surface area contributed by atoms with E-state index in [2.05, 4.69) is 10.6 Å². The average molecular weight is 384 g/mol. The van der Waals surface area contributed by atoms with Crippen molar-refractivity contribution in [3.63, 3.8) is 0 Å². The number of rotatable bonds is 5. The number of hydrogen-bond donors (Lipinski definition) is 2. The summed E-state index contributed by atoms with van der Waals surface area (Å²) in [4.78, 5) is 38.1. The molecule has 1 aliphatic heterocycles. The Morgan fingerprint density at radius 1 is 1.14 bits per heavy atom. The molecule has 28 heavy (non-hydrogen) atoms. The SMILES string of the molecule is CCOC(=O)N1CCC(NC(=O)C2CC2C(=O)Nc2ccc(C#N)cc2)CC1. The van der Waals surface area contributed by atoms with Crippen molar-refractivity contribution < 1.29 is 19.1 Å². The number of ether oxygens (including phenoxy) is 1. The van der Waals surface area contributed by atoms with Gasteiger partial charge in [-0.25, -0.2) is 4.79 Å². The monoisotopic (exact) mass is 384 g/mol. The highest BCUT2D eigenvalue weighted by Gasteiger charge is 2.48. The topological polar surface area (TPSA) is 112 Å². The van der Waals surface area contributed by atoms with Gasteiger partial charge in [-0.3, -0.25) is 9.59 Å². The fraction of sp³-hybridized carbons (Fsp3) is 0.500. The maximum absolute atomic E-state index is 12.4. The van der Waals surface area contributed by atoms with E-state index in [9.17, 15) is 14.4 Å². The van der Waals surface area contributed by atoms with Crippen molar-refractivity contribution >= 4 is 23.6 Å². The number of anilines is 1. The van der Waals surface area contributed by atoms with Crippen LogP contribution in [0.4, 0.5) is 10.5 Å². The summed E-state index contributed by atoms with van der Waals surface area (Å²) in [5, 5.41) is 14.6. The Balaban J connectivity index is 1.41. The standard InChI is InChI=1S/C20H24N4O4/c1-2-28-20(27)24-9-7-15(8-10-24)23-19(26)17-11-16(17)18(25)22-14-5-3-13(12-21)4-6-14/h3-6,15-17H,2,7-11H2,1H3,(H,22,25)(H,23,26). The number of nitrogens with zero attached hydrogens (tertiary/aromatic N) is 2. The van der Waals surface area contributed by atoms with E-state index in [1.807, 2.05) is 6.07 Å². The average Bonchev–Trinajstić information content (AvgIpc) is 3.50. The smallest absolute Gasteiger partial charge is 0.409 e. The zero-order valence-electron chi connectivity index (χ0n) is 15.8. The van der Waals surface area contributed by atoms with Crippen molar-refractivity contribution in [3.05, 3.63) is 29.8 Å². The summed E-state index contributed by atoms with van der Waals surface area (Å²) in [5.74, 6) is -0.909. The summed E-state index contributed by atoms with van der Waals surface area (Å²) in [5.41, 5.74) is 1.14. The normalized spacial score (nSPS) is 21.4. The minimum absolute atomic E-state index is 0.0148. The van der Waals surface area contributed by atoms with Gasteiger partial charge in [0, 0.05) is 24.8 Å². The number of nitriles is 1. The number of hydrogen-bond acceptors (Lipinski definition) is 5. The summed E-state index contributed by atoms with van der Waals surface area (Å²) >= 11 is 0. The molecule has 2 fully saturated rings. The van der Waals surface area contributed by atoms with Crippen molar-refractivity contribution in [1.29, 1.82) is 5.26 Å². The molecule has 148 valence electrons. The maximum atomic E-state index is 12.4. The van der Waals surface area contributed by atoms with Gasteiger partial charge in [-0.05, 0) is 50.5 Å². The molecule has 0 aromatic heterocycles. The first-order valence-corrected chi connectivity index (χ1v) is 9.55. The number of nitrogens with one attached hydrogen (secondary N) is 2.